The second-order valence-corrected chi connectivity index (χ2v) is 7.98. The Hall–Kier alpha value is -3.56. The fourth-order valence-electron chi connectivity index (χ4n) is 4.81. The number of rotatable bonds is 1. The van der Waals surface area contributed by atoms with E-state index in [2.05, 4.69) is 51.5 Å². The zero-order valence-electron chi connectivity index (χ0n) is 16.7. The van der Waals surface area contributed by atoms with Crippen LogP contribution in [0.15, 0.2) is 36.7 Å². The monoisotopic (exact) mass is 395 g/mol. The Morgan fingerprint density at radius 2 is 2.17 bits per heavy atom. The summed E-state index contributed by atoms with van der Waals surface area (Å²) in [5, 5.41) is 12.9. The van der Waals surface area contributed by atoms with Crippen LogP contribution in [0.2, 0.25) is 0 Å². The summed E-state index contributed by atoms with van der Waals surface area (Å²) in [4.78, 5) is 7.18. The maximum Gasteiger partial charge on any atom is 0.161 e. The molecule has 1 saturated heterocycles. The highest BCUT2D eigenvalue weighted by Gasteiger charge is 2.31. The molecule has 0 saturated carbocycles. The molecule has 2 aliphatic rings. The van der Waals surface area contributed by atoms with Crippen molar-refractivity contribution >= 4 is 27.5 Å². The molecule has 0 unspecified atom stereocenters. The lowest BCUT2D eigenvalue weighted by Crippen LogP contribution is -2.55. The molecule has 2 aliphatic heterocycles. The van der Waals surface area contributed by atoms with Crippen molar-refractivity contribution in [3.05, 3.63) is 47.8 Å². The van der Waals surface area contributed by atoms with Gasteiger partial charge in [0, 0.05) is 41.5 Å². The zero-order chi connectivity index (χ0) is 20.2. The van der Waals surface area contributed by atoms with Gasteiger partial charge in [-0.25, -0.2) is 0 Å². The standard InChI is InChI=1S/C24H21N5O/c1-3-15-8-18-21(9-17(15)23-14(2)4-5-20-19(23)11-27-28-20)26-12-22-24(18)29-7-6-25-10-16(29)13-30-22/h1,4-5,8-9,11-12,16,25H,6-7,10,13H2,2H3,(H,27,28)/t16-/m1/s1. The Balaban J connectivity index is 1.63. The molecule has 2 N–H and O–H groups in total. The Kier molecular flexibility index (Phi) is 3.74. The zero-order valence-corrected chi connectivity index (χ0v) is 16.7. The maximum atomic E-state index is 6.05. The smallest absolute Gasteiger partial charge is 0.161 e. The molecule has 0 aliphatic carbocycles. The van der Waals surface area contributed by atoms with E-state index in [1.165, 1.54) is 0 Å². The molecule has 6 rings (SSSR count). The van der Waals surface area contributed by atoms with Crippen molar-refractivity contribution in [3.63, 3.8) is 0 Å². The molecule has 2 aromatic carbocycles. The lowest BCUT2D eigenvalue weighted by molar-refractivity contribution is 0.247. The lowest BCUT2D eigenvalue weighted by Gasteiger charge is -2.42. The van der Waals surface area contributed by atoms with Crippen molar-refractivity contribution < 1.29 is 4.74 Å². The number of nitrogens with zero attached hydrogens (tertiary/aromatic N) is 3. The number of pyridine rings is 1. The summed E-state index contributed by atoms with van der Waals surface area (Å²) in [5.41, 5.74) is 7.15. The fraction of sp³-hybridized carbons (Fsp3) is 0.250. The van der Waals surface area contributed by atoms with E-state index in [1.54, 1.807) is 0 Å². The fourth-order valence-corrected chi connectivity index (χ4v) is 4.81. The largest absolute Gasteiger partial charge is 0.488 e. The first-order valence-electron chi connectivity index (χ1n) is 10.2. The van der Waals surface area contributed by atoms with Gasteiger partial charge in [-0.3, -0.25) is 10.1 Å². The number of H-pyrrole nitrogens is 1. The van der Waals surface area contributed by atoms with Gasteiger partial charge in [0.05, 0.1) is 35.2 Å². The summed E-state index contributed by atoms with van der Waals surface area (Å²) in [6, 6.07) is 8.69. The number of hydrogen-bond acceptors (Lipinski definition) is 5. The van der Waals surface area contributed by atoms with E-state index in [9.17, 15) is 0 Å². The first-order valence-corrected chi connectivity index (χ1v) is 10.2. The molecule has 0 radical (unpaired) electrons. The number of nitrogens with one attached hydrogen (secondary N) is 2. The number of anilines is 1. The Morgan fingerprint density at radius 1 is 1.23 bits per heavy atom. The van der Waals surface area contributed by atoms with Gasteiger partial charge >= 0.3 is 0 Å². The quantitative estimate of drug-likeness (QED) is 0.485. The van der Waals surface area contributed by atoms with Gasteiger partial charge in [0.2, 0.25) is 0 Å². The van der Waals surface area contributed by atoms with Gasteiger partial charge < -0.3 is 15.0 Å². The Bertz CT molecular complexity index is 1350. The van der Waals surface area contributed by atoms with Crippen LogP contribution in [-0.2, 0) is 0 Å². The van der Waals surface area contributed by atoms with Crippen LogP contribution in [0, 0.1) is 19.3 Å². The summed E-state index contributed by atoms with van der Waals surface area (Å²) >= 11 is 0. The molecule has 0 spiro atoms. The van der Waals surface area contributed by atoms with Crippen molar-refractivity contribution in [2.45, 2.75) is 13.0 Å². The minimum atomic E-state index is 0.327. The van der Waals surface area contributed by atoms with Gasteiger partial charge in [-0.15, -0.1) is 6.42 Å². The number of aromatic nitrogens is 3. The molecule has 4 heterocycles. The minimum Gasteiger partial charge on any atom is -0.488 e. The normalized spacial score (nSPS) is 18.0. The molecule has 0 amide bonds. The molecular weight excluding hydrogens is 374 g/mol. The van der Waals surface area contributed by atoms with E-state index in [1.807, 2.05) is 18.5 Å². The predicted octanol–water partition coefficient (Wildman–Crippen LogP) is 3.24. The van der Waals surface area contributed by atoms with Gasteiger partial charge in [0.15, 0.2) is 5.75 Å². The Labute approximate surface area is 174 Å². The van der Waals surface area contributed by atoms with Gasteiger partial charge in [0.1, 0.15) is 6.61 Å². The van der Waals surface area contributed by atoms with E-state index in [-0.39, 0.29) is 0 Å². The van der Waals surface area contributed by atoms with Gasteiger partial charge in [-0.05, 0) is 36.2 Å². The molecule has 0 bridgehead atoms. The molecule has 4 aromatic rings. The molecular formula is C24H21N5O. The highest BCUT2D eigenvalue weighted by molar-refractivity contribution is 6.03. The summed E-state index contributed by atoms with van der Waals surface area (Å²) in [7, 11) is 0. The SMILES string of the molecule is C#Cc1cc2c3c(cnc2cc1-c1c(C)ccc2[nH]ncc12)OC[C@H]1CNCCN31. The van der Waals surface area contributed by atoms with Crippen LogP contribution in [0.3, 0.4) is 0 Å². The molecule has 1 atom stereocenters. The van der Waals surface area contributed by atoms with E-state index in [0.29, 0.717) is 12.6 Å². The summed E-state index contributed by atoms with van der Waals surface area (Å²) in [6.45, 7) is 5.61. The lowest BCUT2D eigenvalue weighted by atomic mass is 9.91. The van der Waals surface area contributed by atoms with Gasteiger partial charge in [-0.2, -0.15) is 5.10 Å². The third kappa shape index (κ3) is 2.42. The first-order chi connectivity index (χ1) is 14.7. The van der Waals surface area contributed by atoms with Crippen molar-refractivity contribution in [1.29, 1.82) is 0 Å². The van der Waals surface area contributed by atoms with Crippen LogP contribution in [0.4, 0.5) is 5.69 Å². The average molecular weight is 395 g/mol. The van der Waals surface area contributed by atoms with Gasteiger partial charge in [-0.1, -0.05) is 12.0 Å². The topological polar surface area (TPSA) is 66.1 Å². The van der Waals surface area contributed by atoms with Crippen LogP contribution < -0.4 is 15.0 Å². The molecule has 30 heavy (non-hydrogen) atoms. The number of ether oxygens (including phenoxy) is 1. The molecule has 148 valence electrons. The number of hydrogen-bond donors (Lipinski definition) is 2. The molecule has 2 aromatic heterocycles. The second-order valence-electron chi connectivity index (χ2n) is 7.98. The maximum absolute atomic E-state index is 6.05. The van der Waals surface area contributed by atoms with Crippen LogP contribution in [0.25, 0.3) is 32.9 Å². The number of aromatic amines is 1. The first kappa shape index (κ1) is 17.3. The molecule has 6 nitrogen and oxygen atoms in total. The van der Waals surface area contributed by atoms with E-state index >= 15 is 0 Å². The predicted molar refractivity (Wildman–Crippen MR) is 119 cm³/mol. The van der Waals surface area contributed by atoms with Crippen molar-refractivity contribution in [2.24, 2.45) is 0 Å². The highest BCUT2D eigenvalue weighted by Crippen LogP contribution is 2.42. The number of benzene rings is 2. The van der Waals surface area contributed by atoms with E-state index in [4.69, 9.17) is 16.1 Å². The summed E-state index contributed by atoms with van der Waals surface area (Å²) < 4.78 is 6.05. The van der Waals surface area contributed by atoms with E-state index < -0.39 is 0 Å². The molecule has 1 fully saturated rings. The van der Waals surface area contributed by atoms with Crippen LogP contribution >= 0.6 is 0 Å². The van der Waals surface area contributed by atoms with Crippen LogP contribution in [0.5, 0.6) is 5.75 Å². The number of piperazine rings is 1. The second kappa shape index (κ2) is 6.48. The summed E-state index contributed by atoms with van der Waals surface area (Å²) in [5.74, 6) is 3.76. The third-order valence-corrected chi connectivity index (χ3v) is 6.27. The van der Waals surface area contributed by atoms with Crippen LogP contribution in [0.1, 0.15) is 11.1 Å². The van der Waals surface area contributed by atoms with Crippen LogP contribution in [-0.4, -0.2) is 47.5 Å². The van der Waals surface area contributed by atoms with Gasteiger partial charge in [0.25, 0.3) is 0 Å². The molecule has 6 heteroatoms. The Morgan fingerprint density at radius 3 is 3.07 bits per heavy atom. The highest BCUT2D eigenvalue weighted by atomic mass is 16.5. The minimum absolute atomic E-state index is 0.327. The van der Waals surface area contributed by atoms with E-state index in [0.717, 1.165) is 75.1 Å². The average Bonchev–Trinajstić information content (AvgIpc) is 3.26. The van der Waals surface area contributed by atoms with Crippen molar-refractivity contribution in [1.82, 2.24) is 20.5 Å². The third-order valence-electron chi connectivity index (χ3n) is 6.27. The number of terminal acetylenes is 1. The number of aryl methyl sites for hydroxylation is 1. The summed E-state index contributed by atoms with van der Waals surface area (Å²) in [6.07, 6.45) is 9.72. The van der Waals surface area contributed by atoms with Crippen molar-refractivity contribution in [2.75, 3.05) is 31.1 Å². The van der Waals surface area contributed by atoms with Crippen molar-refractivity contribution in [3.8, 4) is 29.2 Å². The number of fused-ring (bicyclic) bond motifs is 6.